The Morgan fingerprint density at radius 1 is 1.17 bits per heavy atom. The van der Waals surface area contributed by atoms with E-state index in [1.54, 1.807) is 0 Å². The van der Waals surface area contributed by atoms with Crippen molar-refractivity contribution < 1.29 is 4.79 Å². The quantitative estimate of drug-likeness (QED) is 0.841. The lowest BCUT2D eigenvalue weighted by Gasteiger charge is -2.19. The molecule has 1 aliphatic rings. The molecular formula is C19H23N3O. The van der Waals surface area contributed by atoms with Gasteiger partial charge in [0.15, 0.2) is 0 Å². The minimum absolute atomic E-state index is 0.108. The number of benzene rings is 2. The Morgan fingerprint density at radius 2 is 2.00 bits per heavy atom. The highest BCUT2D eigenvalue weighted by atomic mass is 16.2. The van der Waals surface area contributed by atoms with Crippen LogP contribution in [0.2, 0.25) is 0 Å². The summed E-state index contributed by atoms with van der Waals surface area (Å²) in [6, 6.07) is 14.2. The van der Waals surface area contributed by atoms with Crippen molar-refractivity contribution in [2.75, 3.05) is 11.9 Å². The van der Waals surface area contributed by atoms with Crippen LogP contribution in [0, 0.1) is 5.92 Å². The molecule has 0 radical (unpaired) electrons. The highest BCUT2D eigenvalue weighted by Crippen LogP contribution is 2.23. The fourth-order valence-electron chi connectivity index (χ4n) is 3.06. The van der Waals surface area contributed by atoms with Gasteiger partial charge in [0.25, 0.3) is 5.91 Å². The largest absolute Gasteiger partial charge is 0.376 e. The number of anilines is 1. The van der Waals surface area contributed by atoms with Crippen LogP contribution >= 0.6 is 0 Å². The summed E-state index contributed by atoms with van der Waals surface area (Å²) in [6.07, 6.45) is 4.60. The minimum Gasteiger partial charge on any atom is -0.376 e. The Kier molecular flexibility index (Phi) is 4.91. The number of amides is 1. The van der Waals surface area contributed by atoms with E-state index in [0.29, 0.717) is 5.92 Å². The van der Waals surface area contributed by atoms with E-state index in [9.17, 15) is 4.79 Å². The average Bonchev–Trinajstić information content (AvgIpc) is 2.59. The summed E-state index contributed by atoms with van der Waals surface area (Å²) in [5.74, 6) is 0.373. The van der Waals surface area contributed by atoms with Gasteiger partial charge in [0.05, 0.1) is 6.54 Å². The van der Waals surface area contributed by atoms with Crippen LogP contribution in [-0.4, -0.2) is 18.2 Å². The molecule has 1 aliphatic carbocycles. The van der Waals surface area contributed by atoms with Gasteiger partial charge in [0, 0.05) is 16.8 Å². The van der Waals surface area contributed by atoms with Gasteiger partial charge in [-0.25, -0.2) is 5.43 Å². The van der Waals surface area contributed by atoms with Crippen LogP contribution in [0.1, 0.15) is 32.6 Å². The Hall–Kier alpha value is -2.36. The summed E-state index contributed by atoms with van der Waals surface area (Å²) in [5.41, 5.74) is 4.78. The molecule has 4 nitrogen and oxygen atoms in total. The fourth-order valence-corrected chi connectivity index (χ4v) is 3.06. The fraction of sp³-hybridized carbons (Fsp3) is 0.368. The molecule has 1 unspecified atom stereocenters. The second-order valence-corrected chi connectivity index (χ2v) is 6.17. The molecule has 1 fully saturated rings. The van der Waals surface area contributed by atoms with Gasteiger partial charge in [-0.3, -0.25) is 4.79 Å². The number of fused-ring (bicyclic) bond motifs is 1. The van der Waals surface area contributed by atoms with Crippen LogP contribution in [0.4, 0.5) is 5.69 Å². The summed E-state index contributed by atoms with van der Waals surface area (Å²) < 4.78 is 0. The Morgan fingerprint density at radius 3 is 2.87 bits per heavy atom. The molecule has 2 aromatic carbocycles. The van der Waals surface area contributed by atoms with E-state index in [1.807, 2.05) is 24.3 Å². The van der Waals surface area contributed by atoms with Crippen LogP contribution in [-0.2, 0) is 4.79 Å². The van der Waals surface area contributed by atoms with Crippen LogP contribution in [0.3, 0.4) is 0 Å². The maximum atomic E-state index is 12.0. The van der Waals surface area contributed by atoms with Crippen LogP contribution in [0.5, 0.6) is 0 Å². The highest BCUT2D eigenvalue weighted by Gasteiger charge is 2.16. The third-order valence-electron chi connectivity index (χ3n) is 4.44. The van der Waals surface area contributed by atoms with Gasteiger partial charge in [-0.2, -0.15) is 5.10 Å². The van der Waals surface area contributed by atoms with Crippen molar-refractivity contribution in [3.8, 4) is 0 Å². The summed E-state index contributed by atoms with van der Waals surface area (Å²) >= 11 is 0. The van der Waals surface area contributed by atoms with Crippen molar-refractivity contribution in [2.45, 2.75) is 32.6 Å². The zero-order valence-electron chi connectivity index (χ0n) is 13.5. The summed E-state index contributed by atoms with van der Waals surface area (Å²) in [5, 5.41) is 9.80. The first-order chi connectivity index (χ1) is 11.2. The lowest BCUT2D eigenvalue weighted by Crippen LogP contribution is -2.29. The van der Waals surface area contributed by atoms with E-state index in [0.717, 1.165) is 28.6 Å². The maximum Gasteiger partial charge on any atom is 0.259 e. The number of carbonyl (C=O) groups excluding carboxylic acids is 1. The van der Waals surface area contributed by atoms with Gasteiger partial charge >= 0.3 is 0 Å². The molecule has 0 aromatic heterocycles. The zero-order chi connectivity index (χ0) is 16.1. The molecule has 1 atom stereocenters. The molecule has 4 heteroatoms. The summed E-state index contributed by atoms with van der Waals surface area (Å²) in [7, 11) is 0. The number of nitrogens with one attached hydrogen (secondary N) is 2. The second kappa shape index (κ2) is 7.27. The molecule has 0 bridgehead atoms. The van der Waals surface area contributed by atoms with Gasteiger partial charge in [-0.05, 0) is 36.6 Å². The van der Waals surface area contributed by atoms with E-state index in [1.165, 1.54) is 19.3 Å². The first-order valence-corrected chi connectivity index (χ1v) is 8.31. The third-order valence-corrected chi connectivity index (χ3v) is 4.44. The topological polar surface area (TPSA) is 53.5 Å². The van der Waals surface area contributed by atoms with E-state index >= 15 is 0 Å². The summed E-state index contributed by atoms with van der Waals surface area (Å²) in [6.45, 7) is 2.40. The summed E-state index contributed by atoms with van der Waals surface area (Å²) in [4.78, 5) is 12.0. The SMILES string of the molecule is CC1CCCC/C1=N\NC(=O)CNc1cccc2ccccc12. The Balaban J connectivity index is 1.59. The van der Waals surface area contributed by atoms with Gasteiger partial charge in [0.2, 0.25) is 0 Å². The van der Waals surface area contributed by atoms with Gasteiger partial charge < -0.3 is 5.32 Å². The molecule has 1 amide bonds. The molecule has 2 aromatic rings. The number of carbonyl (C=O) groups is 1. The van der Waals surface area contributed by atoms with Crippen molar-refractivity contribution in [3.05, 3.63) is 42.5 Å². The smallest absolute Gasteiger partial charge is 0.259 e. The molecule has 0 spiro atoms. The van der Waals surface area contributed by atoms with Gasteiger partial charge in [-0.1, -0.05) is 49.7 Å². The average molecular weight is 309 g/mol. The molecule has 0 aliphatic heterocycles. The van der Waals surface area contributed by atoms with E-state index < -0.39 is 0 Å². The number of nitrogens with zero attached hydrogens (tertiary/aromatic N) is 1. The van der Waals surface area contributed by atoms with Crippen molar-refractivity contribution in [2.24, 2.45) is 11.0 Å². The molecule has 120 valence electrons. The predicted molar refractivity (Wildman–Crippen MR) is 95.6 cm³/mol. The molecule has 2 N–H and O–H groups in total. The van der Waals surface area contributed by atoms with E-state index in [4.69, 9.17) is 0 Å². The van der Waals surface area contributed by atoms with Crippen LogP contribution in [0.25, 0.3) is 10.8 Å². The van der Waals surface area contributed by atoms with Crippen molar-refractivity contribution in [1.29, 1.82) is 0 Å². The Labute approximate surface area is 137 Å². The highest BCUT2D eigenvalue weighted by molar-refractivity contribution is 5.95. The van der Waals surface area contributed by atoms with Crippen LogP contribution in [0.15, 0.2) is 47.6 Å². The number of hydrogen-bond donors (Lipinski definition) is 2. The molecule has 1 saturated carbocycles. The number of rotatable bonds is 4. The third kappa shape index (κ3) is 3.89. The number of hydrogen-bond acceptors (Lipinski definition) is 3. The standard InChI is InChI=1S/C19H23N3O/c1-14-7-2-5-11-17(14)21-22-19(23)13-20-18-12-6-9-15-8-3-4-10-16(15)18/h3-4,6,8-10,12,14,20H,2,5,7,11,13H2,1H3,(H,22,23)/b21-17+. The second-order valence-electron chi connectivity index (χ2n) is 6.17. The minimum atomic E-state index is -0.108. The van der Waals surface area contributed by atoms with Crippen molar-refractivity contribution in [1.82, 2.24) is 5.43 Å². The van der Waals surface area contributed by atoms with Crippen molar-refractivity contribution >= 4 is 28.1 Å². The van der Waals surface area contributed by atoms with Crippen molar-refractivity contribution in [3.63, 3.8) is 0 Å². The lowest BCUT2D eigenvalue weighted by molar-refractivity contribution is -0.119. The first kappa shape index (κ1) is 15.5. The van der Waals surface area contributed by atoms with Crippen LogP contribution < -0.4 is 10.7 Å². The monoisotopic (exact) mass is 309 g/mol. The zero-order valence-corrected chi connectivity index (χ0v) is 13.5. The maximum absolute atomic E-state index is 12.0. The molecular weight excluding hydrogens is 286 g/mol. The first-order valence-electron chi connectivity index (χ1n) is 8.31. The predicted octanol–water partition coefficient (Wildman–Crippen LogP) is 3.93. The van der Waals surface area contributed by atoms with Gasteiger partial charge in [0.1, 0.15) is 0 Å². The van der Waals surface area contributed by atoms with Gasteiger partial charge in [-0.15, -0.1) is 0 Å². The van der Waals surface area contributed by atoms with E-state index in [2.05, 4.69) is 41.0 Å². The lowest BCUT2D eigenvalue weighted by atomic mass is 9.89. The molecule has 23 heavy (non-hydrogen) atoms. The Bertz CT molecular complexity index is 718. The molecule has 3 rings (SSSR count). The molecule has 0 saturated heterocycles. The molecule has 0 heterocycles. The normalized spacial score (nSPS) is 19.7. The van der Waals surface area contributed by atoms with E-state index in [-0.39, 0.29) is 12.5 Å². The number of hydrazone groups is 1.